The van der Waals surface area contributed by atoms with Gasteiger partial charge in [0.2, 0.25) is 0 Å². The summed E-state index contributed by atoms with van der Waals surface area (Å²) >= 11 is 0. The Balaban J connectivity index is 4.37. The highest BCUT2D eigenvalue weighted by Gasteiger charge is 1.93. The molecule has 0 aliphatic rings. The van der Waals surface area contributed by atoms with Crippen LogP contribution < -0.4 is 0 Å². The number of allylic oxidation sites excluding steroid dienone is 6. The minimum atomic E-state index is 0.574. The van der Waals surface area contributed by atoms with Crippen LogP contribution in [0.25, 0.3) is 0 Å². The van der Waals surface area contributed by atoms with E-state index in [0.29, 0.717) is 5.71 Å². The molecule has 0 rings (SSSR count). The summed E-state index contributed by atoms with van der Waals surface area (Å²) in [4.78, 5) is 0. The van der Waals surface area contributed by atoms with E-state index in [4.69, 9.17) is 5.41 Å². The molecule has 1 nitrogen and oxygen atoms in total. The lowest BCUT2D eigenvalue weighted by Crippen LogP contribution is -1.93. The van der Waals surface area contributed by atoms with Crippen molar-refractivity contribution in [3.63, 3.8) is 0 Å². The predicted molar refractivity (Wildman–Crippen MR) is 55.7 cm³/mol. The Labute approximate surface area is 75.0 Å². The lowest BCUT2D eigenvalue weighted by Gasteiger charge is -1.97. The first-order valence-corrected chi connectivity index (χ1v) is 4.30. The predicted octanol–water partition coefficient (Wildman–Crippen LogP) is 3.49. The Kier molecular flexibility index (Phi) is 5.98. The van der Waals surface area contributed by atoms with E-state index >= 15 is 0 Å². The van der Waals surface area contributed by atoms with Gasteiger partial charge in [-0.15, -0.1) is 0 Å². The number of hydrogen-bond acceptors (Lipinski definition) is 1. The molecule has 0 aromatic heterocycles. The summed E-state index contributed by atoms with van der Waals surface area (Å²) in [6, 6.07) is 0. The van der Waals surface area contributed by atoms with Crippen LogP contribution in [0.15, 0.2) is 36.0 Å². The standard InChI is InChI=1S/C11H17N/c1-4-7-9-10(6-3)11(12)8-5-2/h5-9,12H,4H2,1-3H3/b8-5-,9-7-,10-6+,12-11?. The quantitative estimate of drug-likeness (QED) is 0.484. The first-order chi connectivity index (χ1) is 5.76. The van der Waals surface area contributed by atoms with Gasteiger partial charge in [-0.2, -0.15) is 0 Å². The Morgan fingerprint density at radius 3 is 2.33 bits per heavy atom. The van der Waals surface area contributed by atoms with Crippen molar-refractivity contribution < 1.29 is 0 Å². The van der Waals surface area contributed by atoms with Crippen LogP contribution in [0.4, 0.5) is 0 Å². The molecule has 0 aliphatic heterocycles. The van der Waals surface area contributed by atoms with Gasteiger partial charge in [-0.05, 0) is 31.9 Å². The third-order valence-electron chi connectivity index (χ3n) is 1.49. The highest BCUT2D eigenvalue weighted by Crippen LogP contribution is 2.01. The molecule has 0 saturated heterocycles. The Hall–Kier alpha value is -1.11. The molecule has 0 aromatic rings. The number of rotatable bonds is 4. The van der Waals surface area contributed by atoms with E-state index in [1.54, 1.807) is 6.08 Å². The molecule has 0 heterocycles. The van der Waals surface area contributed by atoms with Crippen molar-refractivity contribution in [2.45, 2.75) is 27.2 Å². The number of hydrogen-bond donors (Lipinski definition) is 1. The minimum absolute atomic E-state index is 0.574. The third-order valence-corrected chi connectivity index (χ3v) is 1.49. The fourth-order valence-corrected chi connectivity index (χ4v) is 0.849. The maximum absolute atomic E-state index is 7.62. The summed E-state index contributed by atoms with van der Waals surface area (Å²) in [7, 11) is 0. The van der Waals surface area contributed by atoms with E-state index in [-0.39, 0.29) is 0 Å². The Morgan fingerprint density at radius 1 is 1.25 bits per heavy atom. The Bertz CT molecular complexity index is 219. The molecule has 0 spiro atoms. The van der Waals surface area contributed by atoms with Gasteiger partial charge in [0.15, 0.2) is 0 Å². The molecule has 0 atom stereocenters. The average Bonchev–Trinajstić information content (AvgIpc) is 2.06. The highest BCUT2D eigenvalue weighted by molar-refractivity contribution is 6.08. The van der Waals surface area contributed by atoms with Crippen molar-refractivity contribution in [1.82, 2.24) is 0 Å². The van der Waals surface area contributed by atoms with Crippen molar-refractivity contribution >= 4 is 5.71 Å². The van der Waals surface area contributed by atoms with Gasteiger partial charge in [-0.25, -0.2) is 0 Å². The molecule has 1 heteroatoms. The largest absolute Gasteiger partial charge is 0.300 e. The molecule has 0 radical (unpaired) electrons. The van der Waals surface area contributed by atoms with Crippen LogP contribution in [0.5, 0.6) is 0 Å². The summed E-state index contributed by atoms with van der Waals surface area (Å²) < 4.78 is 0. The third kappa shape index (κ3) is 3.91. The molecule has 0 aromatic carbocycles. The average molecular weight is 163 g/mol. The maximum atomic E-state index is 7.62. The molecule has 1 N–H and O–H groups in total. The second-order valence-corrected chi connectivity index (χ2v) is 2.47. The molecular weight excluding hydrogens is 146 g/mol. The molecule has 0 saturated carbocycles. The maximum Gasteiger partial charge on any atom is 0.0605 e. The van der Waals surface area contributed by atoms with E-state index < -0.39 is 0 Å². The van der Waals surface area contributed by atoms with E-state index in [2.05, 4.69) is 13.0 Å². The summed E-state index contributed by atoms with van der Waals surface area (Å²) in [5.41, 5.74) is 1.56. The first kappa shape index (κ1) is 10.9. The molecule has 0 amide bonds. The molecule has 0 aliphatic carbocycles. The van der Waals surface area contributed by atoms with Gasteiger partial charge in [-0.3, -0.25) is 0 Å². The normalized spacial score (nSPS) is 13.1. The van der Waals surface area contributed by atoms with Gasteiger partial charge in [0.1, 0.15) is 0 Å². The second-order valence-electron chi connectivity index (χ2n) is 2.47. The van der Waals surface area contributed by atoms with E-state index in [1.807, 2.05) is 32.1 Å². The fraction of sp³-hybridized carbons (Fsp3) is 0.364. The minimum Gasteiger partial charge on any atom is -0.300 e. The van der Waals surface area contributed by atoms with Crippen LogP contribution in [0.1, 0.15) is 27.2 Å². The molecule has 0 bridgehead atoms. The lowest BCUT2D eigenvalue weighted by atomic mass is 10.1. The Morgan fingerprint density at radius 2 is 1.92 bits per heavy atom. The van der Waals surface area contributed by atoms with Crippen LogP contribution in [0.3, 0.4) is 0 Å². The van der Waals surface area contributed by atoms with Gasteiger partial charge >= 0.3 is 0 Å². The SMILES string of the molecule is C/C=C\C(=N)C(/C=C\CC)=C/C. The van der Waals surface area contributed by atoms with Crippen molar-refractivity contribution in [2.75, 3.05) is 0 Å². The van der Waals surface area contributed by atoms with Crippen LogP contribution in [0, 0.1) is 5.41 Å². The molecule has 66 valence electrons. The van der Waals surface area contributed by atoms with Crippen molar-refractivity contribution in [2.24, 2.45) is 0 Å². The van der Waals surface area contributed by atoms with Gasteiger partial charge in [0, 0.05) is 0 Å². The smallest absolute Gasteiger partial charge is 0.0605 e. The van der Waals surface area contributed by atoms with Gasteiger partial charge in [-0.1, -0.05) is 31.2 Å². The summed E-state index contributed by atoms with van der Waals surface area (Å²) in [6.45, 7) is 5.96. The monoisotopic (exact) mass is 163 g/mol. The molecule has 0 fully saturated rings. The first-order valence-electron chi connectivity index (χ1n) is 4.30. The summed E-state index contributed by atoms with van der Waals surface area (Å²) in [5.74, 6) is 0. The molecule has 0 unspecified atom stereocenters. The fourth-order valence-electron chi connectivity index (χ4n) is 0.849. The highest BCUT2D eigenvalue weighted by atomic mass is 14.4. The number of nitrogens with one attached hydrogen (secondary N) is 1. The lowest BCUT2D eigenvalue weighted by molar-refractivity contribution is 1.22. The van der Waals surface area contributed by atoms with Crippen molar-refractivity contribution in [1.29, 1.82) is 5.41 Å². The zero-order valence-electron chi connectivity index (χ0n) is 8.09. The van der Waals surface area contributed by atoms with E-state index in [9.17, 15) is 0 Å². The topological polar surface area (TPSA) is 23.9 Å². The molecule has 12 heavy (non-hydrogen) atoms. The van der Waals surface area contributed by atoms with Gasteiger partial charge in [0.05, 0.1) is 5.71 Å². The second kappa shape index (κ2) is 6.59. The van der Waals surface area contributed by atoms with Crippen LogP contribution in [0.2, 0.25) is 0 Å². The van der Waals surface area contributed by atoms with Crippen LogP contribution in [-0.2, 0) is 0 Å². The zero-order valence-corrected chi connectivity index (χ0v) is 8.09. The summed E-state index contributed by atoms with van der Waals surface area (Å²) in [6.07, 6.45) is 10.7. The van der Waals surface area contributed by atoms with Crippen molar-refractivity contribution in [3.05, 3.63) is 36.0 Å². The van der Waals surface area contributed by atoms with Crippen molar-refractivity contribution in [3.8, 4) is 0 Å². The van der Waals surface area contributed by atoms with Crippen LogP contribution >= 0.6 is 0 Å². The summed E-state index contributed by atoms with van der Waals surface area (Å²) in [5, 5.41) is 7.62. The van der Waals surface area contributed by atoms with Gasteiger partial charge in [0.25, 0.3) is 0 Å². The molecular formula is C11H17N. The van der Waals surface area contributed by atoms with E-state index in [1.165, 1.54) is 0 Å². The zero-order chi connectivity index (χ0) is 9.40. The van der Waals surface area contributed by atoms with E-state index in [0.717, 1.165) is 12.0 Å². The van der Waals surface area contributed by atoms with Crippen LogP contribution in [-0.4, -0.2) is 5.71 Å². The van der Waals surface area contributed by atoms with Gasteiger partial charge < -0.3 is 5.41 Å².